The van der Waals surface area contributed by atoms with E-state index in [-0.39, 0.29) is 0 Å². The van der Waals surface area contributed by atoms with Gasteiger partial charge in [-0.15, -0.1) is 0 Å². The average molecular weight is 343 g/mol. The van der Waals surface area contributed by atoms with Gasteiger partial charge in [0, 0.05) is 22.6 Å². The lowest BCUT2D eigenvalue weighted by atomic mass is 10.2. The van der Waals surface area contributed by atoms with Crippen LogP contribution in [0.15, 0.2) is 36.4 Å². The minimum absolute atomic E-state index is 0.470. The Hall–Kier alpha value is -0.930. The fourth-order valence-electron chi connectivity index (χ4n) is 1.96. The molecule has 110 valence electrons. The molecule has 0 radical (unpaired) electrons. The van der Waals surface area contributed by atoms with Gasteiger partial charge in [0.1, 0.15) is 11.5 Å². The molecule has 1 aliphatic rings. The largest absolute Gasteiger partial charge is 0.456 e. The fourth-order valence-corrected chi connectivity index (χ4v) is 2.65. The molecule has 1 fully saturated rings. The molecule has 0 atom stereocenters. The van der Waals surface area contributed by atoms with Gasteiger partial charge in [-0.25, -0.2) is 0 Å². The van der Waals surface area contributed by atoms with E-state index in [4.69, 9.17) is 39.5 Å². The zero-order valence-electron chi connectivity index (χ0n) is 11.2. The van der Waals surface area contributed by atoms with Gasteiger partial charge in [0.05, 0.1) is 5.02 Å². The topological polar surface area (TPSA) is 21.3 Å². The molecule has 0 aromatic heterocycles. The minimum Gasteiger partial charge on any atom is -0.456 e. The highest BCUT2D eigenvalue weighted by atomic mass is 35.5. The average Bonchev–Trinajstić information content (AvgIpc) is 3.25. The predicted octanol–water partition coefficient (Wildman–Crippen LogP) is 5.69. The van der Waals surface area contributed by atoms with Crippen LogP contribution in [0.5, 0.6) is 11.5 Å². The molecule has 5 heteroatoms. The molecule has 0 amide bonds. The molecule has 1 saturated carbocycles. The van der Waals surface area contributed by atoms with Crippen molar-refractivity contribution in [2.45, 2.75) is 25.4 Å². The van der Waals surface area contributed by atoms with Crippen molar-refractivity contribution in [3.8, 4) is 11.5 Å². The second-order valence-electron chi connectivity index (χ2n) is 5.09. The van der Waals surface area contributed by atoms with E-state index in [9.17, 15) is 0 Å². The fraction of sp³-hybridized carbons (Fsp3) is 0.250. The summed E-state index contributed by atoms with van der Waals surface area (Å²) in [5.74, 6) is 1.21. The highest BCUT2D eigenvalue weighted by molar-refractivity contribution is 6.35. The Morgan fingerprint density at radius 2 is 1.81 bits per heavy atom. The Labute approximate surface area is 139 Å². The number of hydrogen-bond donors (Lipinski definition) is 1. The van der Waals surface area contributed by atoms with Crippen molar-refractivity contribution >= 4 is 34.8 Å². The van der Waals surface area contributed by atoms with Gasteiger partial charge < -0.3 is 10.1 Å². The van der Waals surface area contributed by atoms with E-state index in [1.807, 2.05) is 12.1 Å². The summed E-state index contributed by atoms with van der Waals surface area (Å²) in [6.45, 7) is 0.783. The maximum atomic E-state index is 6.29. The number of benzene rings is 2. The van der Waals surface area contributed by atoms with Gasteiger partial charge >= 0.3 is 0 Å². The Bertz CT molecular complexity index is 656. The van der Waals surface area contributed by atoms with E-state index in [2.05, 4.69) is 5.32 Å². The lowest BCUT2D eigenvalue weighted by Gasteiger charge is -2.10. The first-order valence-electron chi connectivity index (χ1n) is 6.76. The molecule has 2 aromatic rings. The summed E-state index contributed by atoms with van der Waals surface area (Å²) in [6, 6.07) is 11.4. The first-order valence-corrected chi connectivity index (χ1v) is 7.90. The SMILES string of the molecule is Clc1ccc(Oc2ccc(CNC3CC3)c(Cl)c2)c(Cl)c1. The minimum atomic E-state index is 0.470. The molecule has 0 aliphatic heterocycles. The first-order chi connectivity index (χ1) is 10.1. The first kappa shape index (κ1) is 15.0. The predicted molar refractivity (Wildman–Crippen MR) is 87.8 cm³/mol. The van der Waals surface area contributed by atoms with Crippen molar-refractivity contribution < 1.29 is 4.74 Å². The third-order valence-corrected chi connectivity index (χ3v) is 4.19. The highest BCUT2D eigenvalue weighted by Crippen LogP contribution is 2.33. The second kappa shape index (κ2) is 6.45. The molecule has 1 N–H and O–H groups in total. The van der Waals surface area contributed by atoms with Crippen molar-refractivity contribution in [1.82, 2.24) is 5.32 Å². The quantitative estimate of drug-likeness (QED) is 0.753. The summed E-state index contributed by atoms with van der Waals surface area (Å²) >= 11 is 18.2. The maximum Gasteiger partial charge on any atom is 0.146 e. The van der Waals surface area contributed by atoms with Gasteiger partial charge in [-0.3, -0.25) is 0 Å². The van der Waals surface area contributed by atoms with Gasteiger partial charge in [-0.05, 0) is 48.7 Å². The molecular weight excluding hydrogens is 329 g/mol. The monoisotopic (exact) mass is 341 g/mol. The van der Waals surface area contributed by atoms with E-state index in [1.54, 1.807) is 24.3 Å². The zero-order valence-corrected chi connectivity index (χ0v) is 13.5. The number of nitrogens with one attached hydrogen (secondary N) is 1. The summed E-state index contributed by atoms with van der Waals surface area (Å²) in [5, 5.41) is 5.17. The van der Waals surface area contributed by atoms with E-state index in [0.717, 1.165) is 12.1 Å². The van der Waals surface area contributed by atoms with Crippen LogP contribution in [0, 0.1) is 0 Å². The van der Waals surface area contributed by atoms with Crippen LogP contribution in [0.4, 0.5) is 0 Å². The van der Waals surface area contributed by atoms with Crippen LogP contribution in [-0.2, 0) is 6.54 Å². The van der Waals surface area contributed by atoms with Crippen LogP contribution in [0.25, 0.3) is 0 Å². The Kier molecular flexibility index (Phi) is 4.60. The van der Waals surface area contributed by atoms with Crippen molar-refractivity contribution in [3.05, 3.63) is 57.0 Å². The number of rotatable bonds is 5. The molecule has 2 aromatic carbocycles. The smallest absolute Gasteiger partial charge is 0.146 e. The summed E-state index contributed by atoms with van der Waals surface area (Å²) in [5.41, 5.74) is 1.07. The summed E-state index contributed by atoms with van der Waals surface area (Å²) in [7, 11) is 0. The van der Waals surface area contributed by atoms with Crippen molar-refractivity contribution in [2.24, 2.45) is 0 Å². The standard InChI is InChI=1S/C16H14Cl3NO/c17-11-2-6-16(15(19)7-11)21-13-5-1-10(14(18)8-13)9-20-12-3-4-12/h1-2,5-8,12,20H,3-4,9H2. The number of hydrogen-bond acceptors (Lipinski definition) is 2. The Balaban J connectivity index is 1.71. The molecule has 2 nitrogen and oxygen atoms in total. The van der Waals surface area contributed by atoms with Gasteiger partial charge in [-0.1, -0.05) is 40.9 Å². The van der Waals surface area contributed by atoms with E-state index < -0.39 is 0 Å². The third-order valence-electron chi connectivity index (χ3n) is 3.30. The van der Waals surface area contributed by atoms with E-state index in [0.29, 0.717) is 32.6 Å². The lowest BCUT2D eigenvalue weighted by Crippen LogP contribution is -2.15. The molecule has 3 rings (SSSR count). The van der Waals surface area contributed by atoms with Crippen molar-refractivity contribution in [1.29, 1.82) is 0 Å². The Morgan fingerprint density at radius 3 is 2.48 bits per heavy atom. The summed E-state index contributed by atoms with van der Waals surface area (Å²) in [6.07, 6.45) is 2.52. The van der Waals surface area contributed by atoms with Crippen molar-refractivity contribution in [2.75, 3.05) is 0 Å². The summed E-state index contributed by atoms with van der Waals surface area (Å²) < 4.78 is 5.74. The van der Waals surface area contributed by atoms with Crippen LogP contribution in [-0.4, -0.2) is 6.04 Å². The van der Waals surface area contributed by atoms with Gasteiger partial charge in [0.15, 0.2) is 0 Å². The lowest BCUT2D eigenvalue weighted by molar-refractivity contribution is 0.482. The number of ether oxygens (including phenoxy) is 1. The molecule has 0 spiro atoms. The molecule has 21 heavy (non-hydrogen) atoms. The summed E-state index contributed by atoms with van der Waals surface area (Å²) in [4.78, 5) is 0. The van der Waals surface area contributed by atoms with Crippen LogP contribution < -0.4 is 10.1 Å². The highest BCUT2D eigenvalue weighted by Gasteiger charge is 2.20. The molecule has 1 aliphatic carbocycles. The van der Waals surface area contributed by atoms with E-state index >= 15 is 0 Å². The molecular formula is C16H14Cl3NO. The maximum absolute atomic E-state index is 6.29. The zero-order chi connectivity index (χ0) is 14.8. The second-order valence-corrected chi connectivity index (χ2v) is 6.34. The van der Waals surface area contributed by atoms with Crippen LogP contribution in [0.1, 0.15) is 18.4 Å². The molecule has 0 heterocycles. The van der Waals surface area contributed by atoms with Crippen LogP contribution in [0.2, 0.25) is 15.1 Å². The molecule has 0 saturated heterocycles. The normalized spacial score (nSPS) is 14.2. The Morgan fingerprint density at radius 1 is 1.00 bits per heavy atom. The van der Waals surface area contributed by atoms with Gasteiger partial charge in [0.2, 0.25) is 0 Å². The van der Waals surface area contributed by atoms with Crippen LogP contribution >= 0.6 is 34.8 Å². The van der Waals surface area contributed by atoms with Gasteiger partial charge in [0.25, 0.3) is 0 Å². The molecule has 0 unspecified atom stereocenters. The number of halogens is 3. The molecule has 0 bridgehead atoms. The van der Waals surface area contributed by atoms with Crippen molar-refractivity contribution in [3.63, 3.8) is 0 Å². The third kappa shape index (κ3) is 4.04. The van der Waals surface area contributed by atoms with Crippen LogP contribution in [0.3, 0.4) is 0 Å². The van der Waals surface area contributed by atoms with Gasteiger partial charge in [-0.2, -0.15) is 0 Å². The van der Waals surface area contributed by atoms with E-state index in [1.165, 1.54) is 12.8 Å².